The molecule has 0 saturated carbocycles. The summed E-state index contributed by atoms with van der Waals surface area (Å²) < 4.78 is 17.5. The van der Waals surface area contributed by atoms with E-state index in [4.69, 9.17) is 0 Å². The molecule has 0 aliphatic rings. The lowest BCUT2D eigenvalue weighted by molar-refractivity contribution is -0.140. The Morgan fingerprint density at radius 2 is 2.24 bits per heavy atom. The fourth-order valence-corrected chi connectivity index (χ4v) is 2.91. The largest absolute Gasteiger partial charge is 0.469 e. The summed E-state index contributed by atoms with van der Waals surface area (Å²) in [6, 6.07) is 7.68. The number of carbonyl (C=O) groups is 1. The predicted octanol–water partition coefficient (Wildman–Crippen LogP) is 2.65. The van der Waals surface area contributed by atoms with Crippen molar-refractivity contribution in [3.05, 3.63) is 34.3 Å². The number of carbonyl (C=O) groups excluding carboxylic acids is 1. The van der Waals surface area contributed by atoms with Crippen molar-refractivity contribution in [1.29, 1.82) is 0 Å². The Balaban J connectivity index is 2.57. The van der Waals surface area contributed by atoms with Gasteiger partial charge in [-0.25, -0.2) is 0 Å². The molecule has 94 valence electrons. The van der Waals surface area contributed by atoms with Crippen molar-refractivity contribution in [3.63, 3.8) is 0 Å². The normalized spacial score (nSPS) is 14.1. The molecule has 5 heteroatoms. The lowest BCUT2D eigenvalue weighted by Crippen LogP contribution is -2.18. The molecule has 0 spiro atoms. The second-order valence-corrected chi connectivity index (χ2v) is 6.52. The summed E-state index contributed by atoms with van der Waals surface area (Å²) in [5.74, 6) is 0.137. The molecule has 2 unspecified atom stereocenters. The van der Waals surface area contributed by atoms with Crippen LogP contribution < -0.4 is 0 Å². The van der Waals surface area contributed by atoms with E-state index in [0.29, 0.717) is 5.75 Å². The van der Waals surface area contributed by atoms with Crippen LogP contribution in [0.5, 0.6) is 0 Å². The maximum atomic E-state index is 12.0. The average molecular weight is 319 g/mol. The fraction of sp³-hybridized carbons (Fsp3) is 0.417. The first-order valence-corrected chi connectivity index (χ1v) is 7.39. The van der Waals surface area contributed by atoms with Gasteiger partial charge in [-0.1, -0.05) is 35.0 Å². The first-order chi connectivity index (χ1) is 8.02. The minimum atomic E-state index is -1.07. The predicted molar refractivity (Wildman–Crippen MR) is 72.1 cm³/mol. The molecule has 0 N–H and O–H groups in total. The number of ether oxygens (including phenoxy) is 1. The van der Waals surface area contributed by atoms with Crippen LogP contribution in [0.25, 0.3) is 0 Å². The number of benzene rings is 1. The van der Waals surface area contributed by atoms with Crippen molar-refractivity contribution in [2.75, 3.05) is 7.11 Å². The van der Waals surface area contributed by atoms with Gasteiger partial charge in [0.1, 0.15) is 0 Å². The zero-order valence-electron chi connectivity index (χ0n) is 9.81. The van der Waals surface area contributed by atoms with E-state index >= 15 is 0 Å². The van der Waals surface area contributed by atoms with Crippen molar-refractivity contribution >= 4 is 32.7 Å². The van der Waals surface area contributed by atoms with Gasteiger partial charge in [-0.2, -0.15) is 0 Å². The zero-order valence-corrected chi connectivity index (χ0v) is 12.2. The van der Waals surface area contributed by atoms with E-state index in [0.717, 1.165) is 10.0 Å². The molecule has 0 amide bonds. The molecule has 1 aromatic carbocycles. The molecule has 3 nitrogen and oxygen atoms in total. The van der Waals surface area contributed by atoms with Crippen molar-refractivity contribution < 1.29 is 13.7 Å². The van der Waals surface area contributed by atoms with Crippen molar-refractivity contribution in [1.82, 2.24) is 0 Å². The van der Waals surface area contributed by atoms with E-state index in [1.54, 1.807) is 6.92 Å². The monoisotopic (exact) mass is 318 g/mol. The maximum absolute atomic E-state index is 12.0. The molecular formula is C12H15BrO3S. The summed E-state index contributed by atoms with van der Waals surface area (Å²) in [5, 5.41) is -0.193. The topological polar surface area (TPSA) is 43.4 Å². The van der Waals surface area contributed by atoms with Crippen molar-refractivity contribution in [3.8, 4) is 0 Å². The molecule has 1 aromatic rings. The summed E-state index contributed by atoms with van der Waals surface area (Å²) in [4.78, 5) is 11.1. The van der Waals surface area contributed by atoms with E-state index in [2.05, 4.69) is 20.7 Å². The standard InChI is InChI=1S/C12H15BrO3S/c1-9(6-12(14)16-2)17(15)8-10-4-3-5-11(13)7-10/h3-5,7,9H,6,8H2,1-2H3. The van der Waals surface area contributed by atoms with Crippen LogP contribution in [0.4, 0.5) is 0 Å². The van der Waals surface area contributed by atoms with E-state index in [1.807, 2.05) is 24.3 Å². The number of hydrogen-bond donors (Lipinski definition) is 0. The molecular weight excluding hydrogens is 304 g/mol. The second-order valence-electron chi connectivity index (χ2n) is 3.75. The van der Waals surface area contributed by atoms with Crippen LogP contribution in [0, 0.1) is 0 Å². The molecule has 0 aromatic heterocycles. The van der Waals surface area contributed by atoms with Crippen LogP contribution in [0.3, 0.4) is 0 Å². The molecule has 0 fully saturated rings. The summed E-state index contributed by atoms with van der Waals surface area (Å²) in [7, 11) is 0.272. The highest BCUT2D eigenvalue weighted by Crippen LogP contribution is 2.15. The zero-order chi connectivity index (χ0) is 12.8. The Bertz CT molecular complexity index is 420. The SMILES string of the molecule is COC(=O)CC(C)S(=O)Cc1cccc(Br)c1. The average Bonchev–Trinajstić information content (AvgIpc) is 2.28. The van der Waals surface area contributed by atoms with Gasteiger partial charge in [-0.15, -0.1) is 0 Å². The van der Waals surface area contributed by atoms with E-state index < -0.39 is 10.8 Å². The van der Waals surface area contributed by atoms with E-state index in [9.17, 15) is 9.00 Å². The molecule has 0 radical (unpaired) electrons. The summed E-state index contributed by atoms with van der Waals surface area (Å²) >= 11 is 3.37. The van der Waals surface area contributed by atoms with Crippen molar-refractivity contribution in [2.45, 2.75) is 24.3 Å². The highest BCUT2D eigenvalue weighted by atomic mass is 79.9. The van der Waals surface area contributed by atoms with Crippen LogP contribution >= 0.6 is 15.9 Å². The molecule has 0 heterocycles. The number of esters is 1. The van der Waals surface area contributed by atoms with Crippen LogP contribution in [-0.4, -0.2) is 22.5 Å². The summed E-state index contributed by atoms with van der Waals surface area (Å²) in [6.45, 7) is 1.80. The Morgan fingerprint density at radius 1 is 1.53 bits per heavy atom. The van der Waals surface area contributed by atoms with Gasteiger partial charge in [0, 0.05) is 26.3 Å². The lowest BCUT2D eigenvalue weighted by Gasteiger charge is -2.10. The molecule has 17 heavy (non-hydrogen) atoms. The molecule has 0 bridgehead atoms. The molecule has 0 aliphatic heterocycles. The molecule has 1 rings (SSSR count). The molecule has 2 atom stereocenters. The van der Waals surface area contributed by atoms with Gasteiger partial charge in [0.05, 0.1) is 13.5 Å². The number of rotatable bonds is 5. The number of hydrogen-bond acceptors (Lipinski definition) is 3. The third-order valence-electron chi connectivity index (χ3n) is 2.33. The quantitative estimate of drug-likeness (QED) is 0.784. The highest BCUT2D eigenvalue weighted by Gasteiger charge is 2.16. The van der Waals surface area contributed by atoms with E-state index in [1.165, 1.54) is 7.11 Å². The van der Waals surface area contributed by atoms with Crippen molar-refractivity contribution in [2.24, 2.45) is 0 Å². The van der Waals surface area contributed by atoms with E-state index in [-0.39, 0.29) is 17.6 Å². The minimum absolute atomic E-state index is 0.192. The minimum Gasteiger partial charge on any atom is -0.469 e. The van der Waals surface area contributed by atoms with Gasteiger partial charge in [-0.05, 0) is 17.7 Å². The number of methoxy groups -OCH3 is 1. The summed E-state index contributed by atoms with van der Waals surface area (Å²) in [5.41, 5.74) is 0.995. The van der Waals surface area contributed by atoms with Crippen LogP contribution in [0.1, 0.15) is 18.9 Å². The van der Waals surface area contributed by atoms with Crippen LogP contribution in [0.2, 0.25) is 0 Å². The maximum Gasteiger partial charge on any atom is 0.306 e. The van der Waals surface area contributed by atoms with Crippen LogP contribution in [-0.2, 0) is 26.1 Å². The highest BCUT2D eigenvalue weighted by molar-refractivity contribution is 9.10. The third kappa shape index (κ3) is 5.00. The molecule has 0 aliphatic carbocycles. The Kier molecular flexibility index (Phi) is 5.85. The smallest absolute Gasteiger partial charge is 0.306 e. The molecule has 0 saturated heterocycles. The lowest BCUT2D eigenvalue weighted by atomic mass is 10.2. The van der Waals surface area contributed by atoms with Gasteiger partial charge in [0.15, 0.2) is 0 Å². The first kappa shape index (κ1) is 14.4. The Morgan fingerprint density at radius 3 is 2.82 bits per heavy atom. The fourth-order valence-electron chi connectivity index (χ4n) is 1.34. The first-order valence-electron chi connectivity index (χ1n) is 5.21. The second kappa shape index (κ2) is 6.91. The van der Waals surface area contributed by atoms with Gasteiger partial charge in [0.25, 0.3) is 0 Å². The van der Waals surface area contributed by atoms with Gasteiger partial charge in [0.2, 0.25) is 0 Å². The van der Waals surface area contributed by atoms with Gasteiger partial charge >= 0.3 is 5.97 Å². The Labute approximate surface area is 112 Å². The number of halogens is 1. The summed E-state index contributed by atoms with van der Waals surface area (Å²) in [6.07, 6.45) is 0.192. The van der Waals surface area contributed by atoms with Crippen LogP contribution in [0.15, 0.2) is 28.7 Å². The van der Waals surface area contributed by atoms with Gasteiger partial charge in [-0.3, -0.25) is 9.00 Å². The third-order valence-corrected chi connectivity index (χ3v) is 4.50. The Hall–Kier alpha value is -0.680. The van der Waals surface area contributed by atoms with Gasteiger partial charge < -0.3 is 4.74 Å².